The lowest BCUT2D eigenvalue weighted by Crippen LogP contribution is -2.12. The van der Waals surface area contributed by atoms with Crippen molar-refractivity contribution in [1.82, 2.24) is 14.8 Å². The molecule has 0 aliphatic carbocycles. The van der Waals surface area contributed by atoms with Gasteiger partial charge in [0.1, 0.15) is 11.4 Å². The molecular formula is C8H8N4O2S. The fraction of sp³-hybridized carbons (Fsp3) is 0.125. The van der Waals surface area contributed by atoms with E-state index in [-0.39, 0.29) is 5.75 Å². The number of aliphatic carboxylic acids is 1. The van der Waals surface area contributed by atoms with Gasteiger partial charge in [0.05, 0.1) is 5.75 Å². The maximum Gasteiger partial charge on any atom is 0.313 e. The second kappa shape index (κ2) is 3.77. The predicted octanol–water partition coefficient (Wildman–Crippen LogP) is 0.833. The van der Waals surface area contributed by atoms with Crippen LogP contribution in [0.25, 0.3) is 5.03 Å². The summed E-state index contributed by atoms with van der Waals surface area (Å²) in [6.07, 6.45) is 3.13. The van der Waals surface area contributed by atoms with Gasteiger partial charge >= 0.3 is 5.97 Å². The van der Waals surface area contributed by atoms with Gasteiger partial charge in [-0.05, 0) is 6.08 Å². The SMILES string of the molecule is C=C1C=C(SCC(=O)O)n2ncnc2N1. The molecule has 1 aromatic rings. The molecule has 15 heavy (non-hydrogen) atoms. The minimum atomic E-state index is -0.869. The Kier molecular flexibility index (Phi) is 2.46. The molecule has 2 rings (SSSR count). The maximum atomic E-state index is 10.4. The standard InChI is InChI=1S/C8H8N4O2S/c1-5-2-6(15-3-7(13)14)12-8(11-5)9-4-10-12/h2,4H,1,3H2,(H,13,14)(H,9,10,11). The summed E-state index contributed by atoms with van der Waals surface area (Å²) in [5, 5.41) is 16.2. The molecule has 1 aromatic heterocycles. The van der Waals surface area contributed by atoms with Crippen molar-refractivity contribution in [1.29, 1.82) is 0 Å². The first-order valence-corrected chi connectivity index (χ1v) is 5.08. The average Bonchev–Trinajstić information content (AvgIpc) is 2.61. The summed E-state index contributed by atoms with van der Waals surface area (Å²) >= 11 is 1.18. The van der Waals surface area contributed by atoms with Crippen LogP contribution in [0.5, 0.6) is 0 Å². The fourth-order valence-corrected chi connectivity index (χ4v) is 1.87. The molecule has 0 saturated carbocycles. The fourth-order valence-electron chi connectivity index (χ4n) is 1.12. The van der Waals surface area contributed by atoms with Crippen molar-refractivity contribution in [2.75, 3.05) is 11.1 Å². The van der Waals surface area contributed by atoms with E-state index in [2.05, 4.69) is 22.0 Å². The van der Waals surface area contributed by atoms with Gasteiger partial charge in [-0.15, -0.1) is 0 Å². The van der Waals surface area contributed by atoms with Gasteiger partial charge in [0, 0.05) is 5.70 Å². The van der Waals surface area contributed by atoms with Gasteiger partial charge in [-0.3, -0.25) is 4.79 Å². The van der Waals surface area contributed by atoms with Gasteiger partial charge in [0.25, 0.3) is 0 Å². The van der Waals surface area contributed by atoms with Gasteiger partial charge in [0.15, 0.2) is 0 Å². The number of carbonyl (C=O) groups is 1. The second-order valence-electron chi connectivity index (χ2n) is 2.81. The maximum absolute atomic E-state index is 10.4. The number of carboxylic acid groups (broad SMARTS) is 1. The van der Waals surface area contributed by atoms with Crippen LogP contribution >= 0.6 is 11.8 Å². The molecule has 1 aliphatic rings. The number of hydrogen-bond acceptors (Lipinski definition) is 5. The molecule has 2 heterocycles. The summed E-state index contributed by atoms with van der Waals surface area (Å²) < 4.78 is 1.54. The van der Waals surface area contributed by atoms with E-state index in [1.807, 2.05) is 0 Å². The van der Waals surface area contributed by atoms with Crippen LogP contribution in [0.4, 0.5) is 5.95 Å². The summed E-state index contributed by atoms with van der Waals surface area (Å²) in [5.41, 5.74) is 0.670. The number of anilines is 1. The number of allylic oxidation sites excluding steroid dienone is 1. The molecule has 0 unspecified atom stereocenters. The summed E-state index contributed by atoms with van der Waals surface area (Å²) in [4.78, 5) is 14.4. The van der Waals surface area contributed by atoms with Crippen molar-refractivity contribution in [2.45, 2.75) is 0 Å². The van der Waals surface area contributed by atoms with Crippen LogP contribution in [0, 0.1) is 0 Å². The van der Waals surface area contributed by atoms with E-state index in [0.717, 1.165) is 0 Å². The molecule has 1 aliphatic heterocycles. The number of thioether (sulfide) groups is 1. The summed E-state index contributed by atoms with van der Waals surface area (Å²) in [5.74, 6) is -0.333. The van der Waals surface area contributed by atoms with Gasteiger partial charge in [-0.2, -0.15) is 14.8 Å². The zero-order chi connectivity index (χ0) is 10.8. The molecule has 0 fully saturated rings. The van der Waals surface area contributed by atoms with E-state index >= 15 is 0 Å². The first-order chi connectivity index (χ1) is 7.16. The Bertz CT molecular complexity index is 451. The number of rotatable bonds is 3. The zero-order valence-corrected chi connectivity index (χ0v) is 8.49. The first kappa shape index (κ1) is 9.78. The van der Waals surface area contributed by atoms with E-state index < -0.39 is 5.97 Å². The normalized spacial score (nSPS) is 14.1. The average molecular weight is 224 g/mol. The number of carboxylic acids is 1. The van der Waals surface area contributed by atoms with Gasteiger partial charge in [-0.25, -0.2) is 0 Å². The van der Waals surface area contributed by atoms with Crippen LogP contribution in [-0.4, -0.2) is 31.6 Å². The van der Waals surface area contributed by atoms with Crippen molar-refractivity contribution in [3.63, 3.8) is 0 Å². The van der Waals surface area contributed by atoms with Crippen LogP contribution in [0.2, 0.25) is 0 Å². The number of aromatic nitrogens is 3. The third-order valence-corrected chi connectivity index (χ3v) is 2.65. The minimum Gasteiger partial charge on any atom is -0.481 e. The van der Waals surface area contributed by atoms with Crippen LogP contribution in [-0.2, 0) is 4.79 Å². The molecule has 78 valence electrons. The molecule has 0 atom stereocenters. The lowest BCUT2D eigenvalue weighted by Gasteiger charge is -2.16. The largest absolute Gasteiger partial charge is 0.481 e. The molecule has 0 saturated heterocycles. The Morgan fingerprint density at radius 2 is 2.53 bits per heavy atom. The van der Waals surface area contributed by atoms with E-state index in [4.69, 9.17) is 5.11 Å². The molecule has 0 amide bonds. The third-order valence-electron chi connectivity index (χ3n) is 1.67. The zero-order valence-electron chi connectivity index (χ0n) is 7.67. The molecule has 7 heteroatoms. The Hall–Kier alpha value is -1.76. The summed E-state index contributed by atoms with van der Waals surface area (Å²) in [6, 6.07) is 0. The molecule has 2 N–H and O–H groups in total. The highest BCUT2D eigenvalue weighted by molar-refractivity contribution is 8.08. The molecule has 6 nitrogen and oxygen atoms in total. The van der Waals surface area contributed by atoms with Gasteiger partial charge in [-0.1, -0.05) is 18.3 Å². The van der Waals surface area contributed by atoms with Crippen LogP contribution in [0.15, 0.2) is 24.7 Å². The highest BCUT2D eigenvalue weighted by Crippen LogP contribution is 2.28. The van der Waals surface area contributed by atoms with Gasteiger partial charge < -0.3 is 10.4 Å². The number of nitrogens with one attached hydrogen (secondary N) is 1. The minimum absolute atomic E-state index is 0.0155. The van der Waals surface area contributed by atoms with Crippen LogP contribution < -0.4 is 5.32 Å². The predicted molar refractivity (Wildman–Crippen MR) is 57.2 cm³/mol. The Morgan fingerprint density at radius 3 is 3.27 bits per heavy atom. The molecule has 0 aromatic carbocycles. The lowest BCUT2D eigenvalue weighted by molar-refractivity contribution is -0.133. The van der Waals surface area contributed by atoms with Crippen LogP contribution in [0.1, 0.15) is 0 Å². The lowest BCUT2D eigenvalue weighted by atomic mass is 10.4. The molecular weight excluding hydrogens is 216 g/mol. The smallest absolute Gasteiger partial charge is 0.313 e. The monoisotopic (exact) mass is 224 g/mol. The van der Waals surface area contributed by atoms with E-state index in [1.165, 1.54) is 18.1 Å². The van der Waals surface area contributed by atoms with Crippen molar-refractivity contribution in [3.05, 3.63) is 24.7 Å². The van der Waals surface area contributed by atoms with Crippen LogP contribution in [0.3, 0.4) is 0 Å². The number of fused-ring (bicyclic) bond motifs is 1. The third kappa shape index (κ3) is 2.01. The van der Waals surface area contributed by atoms with E-state index in [9.17, 15) is 4.79 Å². The quantitative estimate of drug-likeness (QED) is 0.791. The Labute approximate surface area is 89.7 Å². The van der Waals surface area contributed by atoms with Crippen molar-refractivity contribution >= 4 is 28.7 Å². The molecule has 0 radical (unpaired) electrons. The molecule has 0 spiro atoms. The Morgan fingerprint density at radius 1 is 1.73 bits per heavy atom. The topological polar surface area (TPSA) is 80.0 Å². The van der Waals surface area contributed by atoms with E-state index in [1.54, 1.807) is 10.8 Å². The summed E-state index contributed by atoms with van der Waals surface area (Å²) in [7, 11) is 0. The highest BCUT2D eigenvalue weighted by Gasteiger charge is 2.16. The number of nitrogens with zero attached hydrogens (tertiary/aromatic N) is 3. The highest BCUT2D eigenvalue weighted by atomic mass is 32.2. The Balaban J connectivity index is 2.23. The van der Waals surface area contributed by atoms with Crippen molar-refractivity contribution in [2.24, 2.45) is 0 Å². The van der Waals surface area contributed by atoms with Crippen molar-refractivity contribution in [3.8, 4) is 0 Å². The van der Waals surface area contributed by atoms with E-state index in [0.29, 0.717) is 16.7 Å². The van der Waals surface area contributed by atoms with Crippen molar-refractivity contribution < 1.29 is 9.90 Å². The second-order valence-corrected chi connectivity index (χ2v) is 3.81. The molecule has 0 bridgehead atoms. The summed E-state index contributed by atoms with van der Waals surface area (Å²) in [6.45, 7) is 3.74. The number of hydrogen-bond donors (Lipinski definition) is 2. The van der Waals surface area contributed by atoms with Gasteiger partial charge in [0.2, 0.25) is 5.95 Å². The first-order valence-electron chi connectivity index (χ1n) is 4.09.